The summed E-state index contributed by atoms with van der Waals surface area (Å²) in [4.78, 5) is 25.9. The molecule has 0 fully saturated rings. The molecule has 0 spiro atoms. The Kier molecular flexibility index (Phi) is 5.95. The minimum Gasteiger partial charge on any atom is -0.497 e. The summed E-state index contributed by atoms with van der Waals surface area (Å²) in [7, 11) is 1.64. The van der Waals surface area contributed by atoms with E-state index in [9.17, 15) is 9.59 Å². The predicted molar refractivity (Wildman–Crippen MR) is 110 cm³/mol. The van der Waals surface area contributed by atoms with Crippen LogP contribution in [0.4, 0.5) is 22.1 Å². The lowest BCUT2D eigenvalue weighted by Gasteiger charge is -2.19. The maximum atomic E-state index is 12.2. The van der Waals surface area contributed by atoms with Gasteiger partial charge < -0.3 is 25.0 Å². The zero-order chi connectivity index (χ0) is 21.0. The molecule has 29 heavy (non-hydrogen) atoms. The molecule has 0 bridgehead atoms. The van der Waals surface area contributed by atoms with Crippen molar-refractivity contribution in [1.29, 1.82) is 0 Å². The Morgan fingerprint density at radius 1 is 1.21 bits per heavy atom. The van der Waals surface area contributed by atoms with E-state index in [2.05, 4.69) is 20.6 Å². The summed E-state index contributed by atoms with van der Waals surface area (Å²) in [6.45, 7) is 7.06. The first-order chi connectivity index (χ1) is 13.7. The van der Waals surface area contributed by atoms with Crippen LogP contribution in [0.15, 0.2) is 30.3 Å². The highest BCUT2D eigenvalue weighted by atomic mass is 16.6. The van der Waals surface area contributed by atoms with Crippen molar-refractivity contribution in [3.8, 4) is 5.75 Å². The number of amides is 2. The van der Waals surface area contributed by atoms with Gasteiger partial charge in [0.15, 0.2) is 5.82 Å². The van der Waals surface area contributed by atoms with Crippen LogP contribution >= 0.6 is 0 Å². The highest BCUT2D eigenvalue weighted by Crippen LogP contribution is 2.33. The first kappa shape index (κ1) is 20.5. The fourth-order valence-corrected chi connectivity index (χ4v) is 3.00. The van der Waals surface area contributed by atoms with E-state index < -0.39 is 11.7 Å². The molecular weight excluding hydrogens is 374 g/mol. The molecule has 2 amide bonds. The molecule has 1 aromatic carbocycles. The smallest absolute Gasteiger partial charge is 0.407 e. The van der Waals surface area contributed by atoms with Crippen LogP contribution in [0.25, 0.3) is 0 Å². The van der Waals surface area contributed by atoms with Crippen LogP contribution in [0.3, 0.4) is 0 Å². The number of hydrogen-bond donors (Lipinski definition) is 2. The number of nitrogens with one attached hydrogen (secondary N) is 2. The number of anilines is 3. The normalized spacial score (nSPS) is 13.0. The van der Waals surface area contributed by atoms with Crippen molar-refractivity contribution in [2.24, 2.45) is 0 Å². The van der Waals surface area contributed by atoms with E-state index in [0.29, 0.717) is 5.82 Å². The van der Waals surface area contributed by atoms with Crippen molar-refractivity contribution in [1.82, 2.24) is 15.1 Å². The summed E-state index contributed by atoms with van der Waals surface area (Å²) in [5.41, 5.74) is 0.431. The minimum atomic E-state index is -0.571. The highest BCUT2D eigenvalue weighted by molar-refractivity contribution is 5.90. The van der Waals surface area contributed by atoms with Crippen molar-refractivity contribution in [3.05, 3.63) is 30.3 Å². The highest BCUT2D eigenvalue weighted by Gasteiger charge is 2.24. The van der Waals surface area contributed by atoms with E-state index in [-0.39, 0.29) is 18.9 Å². The monoisotopic (exact) mass is 401 g/mol. The fraction of sp³-hybridized carbons (Fsp3) is 0.450. The Morgan fingerprint density at radius 3 is 2.72 bits per heavy atom. The van der Waals surface area contributed by atoms with Crippen molar-refractivity contribution in [3.63, 3.8) is 0 Å². The van der Waals surface area contributed by atoms with E-state index in [1.807, 2.05) is 35.0 Å². The molecule has 1 aliphatic rings. The molecule has 3 rings (SSSR count). The van der Waals surface area contributed by atoms with Crippen molar-refractivity contribution < 1.29 is 19.1 Å². The predicted octanol–water partition coefficient (Wildman–Crippen LogP) is 2.90. The molecular formula is C20H27N5O4. The van der Waals surface area contributed by atoms with Crippen molar-refractivity contribution >= 4 is 29.3 Å². The van der Waals surface area contributed by atoms with Crippen LogP contribution in [0.1, 0.15) is 27.2 Å². The summed E-state index contributed by atoms with van der Waals surface area (Å²) in [5.74, 6) is 1.94. The molecule has 156 valence electrons. The number of rotatable bonds is 6. The molecule has 0 aliphatic carbocycles. The van der Waals surface area contributed by atoms with Gasteiger partial charge >= 0.3 is 6.09 Å². The number of nitrogens with zero attached hydrogens (tertiary/aromatic N) is 3. The van der Waals surface area contributed by atoms with Gasteiger partial charge in [-0.3, -0.25) is 4.79 Å². The first-order valence-corrected chi connectivity index (χ1v) is 9.51. The largest absolute Gasteiger partial charge is 0.497 e. The molecule has 9 heteroatoms. The van der Waals surface area contributed by atoms with Gasteiger partial charge in [0, 0.05) is 37.3 Å². The summed E-state index contributed by atoms with van der Waals surface area (Å²) in [6, 6.07) is 9.64. The Bertz CT molecular complexity index is 887. The third kappa shape index (κ3) is 5.40. The summed E-state index contributed by atoms with van der Waals surface area (Å²) >= 11 is 0. The lowest BCUT2D eigenvalue weighted by atomic mass is 10.2. The van der Waals surface area contributed by atoms with Gasteiger partial charge in [0.05, 0.1) is 13.7 Å². The topological polar surface area (TPSA) is 97.7 Å². The molecule has 2 N–H and O–H groups in total. The SMILES string of the molecule is COc1cccc(N2CCn3nc(NC(=O)CCNC(=O)OC(C)(C)C)cc32)c1. The van der Waals surface area contributed by atoms with E-state index in [1.54, 1.807) is 27.9 Å². The lowest BCUT2D eigenvalue weighted by Crippen LogP contribution is -2.34. The summed E-state index contributed by atoms with van der Waals surface area (Å²) in [6.07, 6.45) is -0.415. The molecule has 9 nitrogen and oxygen atoms in total. The van der Waals surface area contributed by atoms with Crippen LogP contribution in [0.2, 0.25) is 0 Å². The van der Waals surface area contributed by atoms with Gasteiger partial charge in [0.2, 0.25) is 5.91 Å². The van der Waals surface area contributed by atoms with Crippen LogP contribution in [0.5, 0.6) is 5.75 Å². The lowest BCUT2D eigenvalue weighted by molar-refractivity contribution is -0.116. The van der Waals surface area contributed by atoms with Crippen molar-refractivity contribution in [2.75, 3.05) is 30.4 Å². The third-order valence-electron chi connectivity index (χ3n) is 4.22. The summed E-state index contributed by atoms with van der Waals surface area (Å²) in [5, 5.41) is 9.78. The third-order valence-corrected chi connectivity index (χ3v) is 4.22. The molecule has 0 unspecified atom stereocenters. The van der Waals surface area contributed by atoms with E-state index in [1.165, 1.54) is 0 Å². The second kappa shape index (κ2) is 8.42. The van der Waals surface area contributed by atoms with Gasteiger partial charge in [-0.1, -0.05) is 6.07 Å². The standard InChI is InChI=1S/C20H27N5O4/c1-20(2,3)29-19(27)21-9-8-17(26)22-16-13-18-24(10-11-25(18)23-16)14-6-5-7-15(12-14)28-4/h5-7,12-13H,8-11H2,1-4H3,(H,21,27)(H,22,23,26). The second-order valence-electron chi connectivity index (χ2n) is 7.69. The van der Waals surface area contributed by atoms with Gasteiger partial charge in [0.1, 0.15) is 17.2 Å². The van der Waals surface area contributed by atoms with E-state index in [4.69, 9.17) is 9.47 Å². The molecule has 2 aromatic rings. The van der Waals surface area contributed by atoms with Crippen LogP contribution in [-0.2, 0) is 16.1 Å². The van der Waals surface area contributed by atoms with Crippen LogP contribution in [-0.4, -0.2) is 47.6 Å². The maximum Gasteiger partial charge on any atom is 0.407 e. The quantitative estimate of drug-likeness (QED) is 0.772. The van der Waals surface area contributed by atoms with E-state index in [0.717, 1.165) is 30.3 Å². The maximum absolute atomic E-state index is 12.2. The fourth-order valence-electron chi connectivity index (χ4n) is 3.00. The Morgan fingerprint density at radius 2 is 2.00 bits per heavy atom. The molecule has 0 saturated carbocycles. The number of carbonyl (C=O) groups is 2. The number of ether oxygens (including phenoxy) is 2. The molecule has 2 heterocycles. The van der Waals surface area contributed by atoms with Gasteiger partial charge in [-0.05, 0) is 32.9 Å². The van der Waals surface area contributed by atoms with Gasteiger partial charge in [-0.25, -0.2) is 9.48 Å². The van der Waals surface area contributed by atoms with Crippen LogP contribution < -0.4 is 20.3 Å². The minimum absolute atomic E-state index is 0.126. The Hall–Kier alpha value is -3.23. The zero-order valence-corrected chi connectivity index (χ0v) is 17.2. The molecule has 0 radical (unpaired) electrons. The molecule has 1 aliphatic heterocycles. The number of benzene rings is 1. The zero-order valence-electron chi connectivity index (χ0n) is 17.2. The number of fused-ring (bicyclic) bond motifs is 1. The average molecular weight is 401 g/mol. The second-order valence-corrected chi connectivity index (χ2v) is 7.69. The molecule has 0 saturated heterocycles. The Balaban J connectivity index is 1.55. The summed E-state index contributed by atoms with van der Waals surface area (Å²) < 4.78 is 12.3. The number of aromatic nitrogens is 2. The number of methoxy groups -OCH3 is 1. The first-order valence-electron chi connectivity index (χ1n) is 9.51. The molecule has 0 atom stereocenters. The van der Waals surface area contributed by atoms with E-state index >= 15 is 0 Å². The van der Waals surface area contributed by atoms with Crippen LogP contribution in [0, 0.1) is 0 Å². The Labute approximate surface area is 170 Å². The van der Waals surface area contributed by atoms with Gasteiger partial charge in [-0.2, -0.15) is 5.10 Å². The average Bonchev–Trinajstić information content (AvgIpc) is 3.20. The van der Waals surface area contributed by atoms with Gasteiger partial charge in [0.25, 0.3) is 0 Å². The number of alkyl carbamates (subject to hydrolysis) is 1. The number of hydrogen-bond acceptors (Lipinski definition) is 6. The van der Waals surface area contributed by atoms with Gasteiger partial charge in [-0.15, -0.1) is 0 Å². The molecule has 1 aromatic heterocycles. The van der Waals surface area contributed by atoms with Crippen molar-refractivity contribution in [2.45, 2.75) is 39.3 Å². The number of carbonyl (C=O) groups excluding carboxylic acids is 2.